The van der Waals surface area contributed by atoms with Gasteiger partial charge in [0.25, 0.3) is 0 Å². The first kappa shape index (κ1) is 18.7. The second-order valence-electron chi connectivity index (χ2n) is 6.24. The fourth-order valence-electron chi connectivity index (χ4n) is 2.85. The normalized spacial score (nSPS) is 15.0. The highest BCUT2D eigenvalue weighted by molar-refractivity contribution is 6.19. The zero-order chi connectivity index (χ0) is 16.2. The van der Waals surface area contributed by atoms with E-state index in [0.717, 1.165) is 12.8 Å². The van der Waals surface area contributed by atoms with E-state index in [0.29, 0.717) is 12.0 Å². The van der Waals surface area contributed by atoms with Gasteiger partial charge < -0.3 is 5.73 Å². The summed E-state index contributed by atoms with van der Waals surface area (Å²) >= 11 is 0. The average Bonchev–Trinajstić information content (AvgIpc) is 2.51. The molecule has 0 aromatic carbocycles. The van der Waals surface area contributed by atoms with E-state index in [1.165, 1.54) is 69.9 Å². The van der Waals surface area contributed by atoms with Crippen molar-refractivity contribution < 1.29 is 9.59 Å². The molecular formula is C19H31NO2. The molecule has 0 saturated carbocycles. The standard InChI is InChI=1S/C19H31NO2/c1-2-3-4-5-6-7-8-9-10-11-12-13-16-17(21)14-15-18(22)19(16)20/h14-15H,2-13,20H2,1H3. The maximum absolute atomic E-state index is 11.7. The molecule has 3 heteroatoms. The second-order valence-corrected chi connectivity index (χ2v) is 6.24. The highest BCUT2D eigenvalue weighted by Crippen LogP contribution is 2.18. The van der Waals surface area contributed by atoms with Crippen molar-refractivity contribution >= 4 is 11.6 Å². The molecule has 0 amide bonds. The van der Waals surface area contributed by atoms with Gasteiger partial charge in [0.05, 0.1) is 5.70 Å². The number of carbonyl (C=O) groups excluding carboxylic acids is 2. The lowest BCUT2D eigenvalue weighted by molar-refractivity contribution is -0.115. The fourth-order valence-corrected chi connectivity index (χ4v) is 2.85. The van der Waals surface area contributed by atoms with Crippen LogP contribution in [0.1, 0.15) is 84.0 Å². The van der Waals surface area contributed by atoms with Crippen molar-refractivity contribution in [3.05, 3.63) is 23.4 Å². The van der Waals surface area contributed by atoms with Crippen molar-refractivity contribution in [1.82, 2.24) is 0 Å². The summed E-state index contributed by atoms with van der Waals surface area (Å²) in [5, 5.41) is 0. The maximum Gasteiger partial charge on any atom is 0.202 e. The molecule has 2 N–H and O–H groups in total. The molecule has 0 fully saturated rings. The predicted molar refractivity (Wildman–Crippen MR) is 91.4 cm³/mol. The molecule has 0 aromatic rings. The summed E-state index contributed by atoms with van der Waals surface area (Å²) in [6.45, 7) is 2.25. The lowest BCUT2D eigenvalue weighted by Crippen LogP contribution is -2.20. The van der Waals surface area contributed by atoms with E-state index in [2.05, 4.69) is 6.92 Å². The average molecular weight is 305 g/mol. The van der Waals surface area contributed by atoms with E-state index in [1.807, 2.05) is 0 Å². The van der Waals surface area contributed by atoms with Gasteiger partial charge in [0, 0.05) is 5.57 Å². The fraction of sp³-hybridized carbons (Fsp3) is 0.684. The Bertz CT molecular complexity index is 421. The minimum Gasteiger partial charge on any atom is -0.395 e. The number of unbranched alkanes of at least 4 members (excludes halogenated alkanes) is 10. The Kier molecular flexibility index (Phi) is 9.52. The minimum absolute atomic E-state index is 0.0934. The van der Waals surface area contributed by atoms with Crippen LogP contribution in [0.25, 0.3) is 0 Å². The van der Waals surface area contributed by atoms with Gasteiger partial charge in [0.1, 0.15) is 0 Å². The number of hydrogen-bond donors (Lipinski definition) is 1. The first-order valence-corrected chi connectivity index (χ1v) is 8.92. The summed E-state index contributed by atoms with van der Waals surface area (Å²) < 4.78 is 0. The van der Waals surface area contributed by atoms with Crippen molar-refractivity contribution in [1.29, 1.82) is 0 Å². The predicted octanol–water partition coefficient (Wildman–Crippen LogP) is 4.61. The number of ketones is 2. The number of hydrogen-bond acceptors (Lipinski definition) is 3. The molecular weight excluding hydrogens is 274 g/mol. The second kappa shape index (κ2) is 11.2. The van der Waals surface area contributed by atoms with Gasteiger partial charge in [-0.05, 0) is 25.0 Å². The summed E-state index contributed by atoms with van der Waals surface area (Å²) in [5.41, 5.74) is 6.37. The van der Waals surface area contributed by atoms with Crippen LogP contribution in [0.2, 0.25) is 0 Å². The van der Waals surface area contributed by atoms with Gasteiger partial charge in [-0.2, -0.15) is 0 Å². The van der Waals surface area contributed by atoms with Crippen molar-refractivity contribution in [2.75, 3.05) is 0 Å². The van der Waals surface area contributed by atoms with Crippen LogP contribution < -0.4 is 5.73 Å². The molecule has 1 aliphatic rings. The smallest absolute Gasteiger partial charge is 0.202 e. The Labute approximate surface area is 135 Å². The Morgan fingerprint density at radius 3 is 1.73 bits per heavy atom. The van der Waals surface area contributed by atoms with E-state index in [9.17, 15) is 9.59 Å². The third-order valence-corrected chi connectivity index (χ3v) is 4.30. The summed E-state index contributed by atoms with van der Waals surface area (Å²) in [5.74, 6) is -0.318. The molecule has 124 valence electrons. The Balaban J connectivity index is 2.01. The Morgan fingerprint density at radius 1 is 0.727 bits per heavy atom. The van der Waals surface area contributed by atoms with Crippen molar-refractivity contribution in [2.24, 2.45) is 5.73 Å². The van der Waals surface area contributed by atoms with Gasteiger partial charge in [-0.1, -0.05) is 71.1 Å². The molecule has 0 bridgehead atoms. The zero-order valence-electron chi connectivity index (χ0n) is 14.0. The van der Waals surface area contributed by atoms with Crippen LogP contribution in [-0.4, -0.2) is 11.6 Å². The van der Waals surface area contributed by atoms with E-state index in [1.54, 1.807) is 0 Å². The molecule has 0 atom stereocenters. The summed E-state index contributed by atoms with van der Waals surface area (Å²) in [6, 6.07) is 0. The van der Waals surface area contributed by atoms with E-state index >= 15 is 0 Å². The molecule has 0 spiro atoms. The molecule has 0 aliphatic heterocycles. The summed E-state index contributed by atoms with van der Waals surface area (Å²) in [4.78, 5) is 23.1. The third kappa shape index (κ3) is 7.06. The molecule has 3 nitrogen and oxygen atoms in total. The molecule has 0 unspecified atom stereocenters. The number of nitrogens with two attached hydrogens (primary N) is 1. The largest absolute Gasteiger partial charge is 0.395 e. The number of rotatable bonds is 12. The van der Waals surface area contributed by atoms with Gasteiger partial charge in [-0.3, -0.25) is 9.59 Å². The van der Waals surface area contributed by atoms with Crippen LogP contribution in [0, 0.1) is 0 Å². The van der Waals surface area contributed by atoms with E-state index in [4.69, 9.17) is 5.73 Å². The highest BCUT2D eigenvalue weighted by atomic mass is 16.1. The first-order valence-electron chi connectivity index (χ1n) is 8.92. The van der Waals surface area contributed by atoms with E-state index in [-0.39, 0.29) is 17.3 Å². The van der Waals surface area contributed by atoms with Gasteiger partial charge in [-0.15, -0.1) is 0 Å². The van der Waals surface area contributed by atoms with Crippen LogP contribution in [0.15, 0.2) is 23.4 Å². The summed E-state index contributed by atoms with van der Waals surface area (Å²) in [7, 11) is 0. The van der Waals surface area contributed by atoms with Crippen LogP contribution in [0.5, 0.6) is 0 Å². The highest BCUT2D eigenvalue weighted by Gasteiger charge is 2.19. The van der Waals surface area contributed by atoms with Gasteiger partial charge in [-0.25, -0.2) is 0 Å². The molecule has 0 radical (unpaired) electrons. The molecule has 0 saturated heterocycles. The Morgan fingerprint density at radius 2 is 1.18 bits per heavy atom. The minimum atomic E-state index is -0.224. The third-order valence-electron chi connectivity index (χ3n) is 4.30. The van der Waals surface area contributed by atoms with Crippen molar-refractivity contribution in [2.45, 2.75) is 84.0 Å². The molecule has 0 aromatic heterocycles. The van der Waals surface area contributed by atoms with E-state index < -0.39 is 0 Å². The van der Waals surface area contributed by atoms with Gasteiger partial charge in [0.15, 0.2) is 5.78 Å². The van der Waals surface area contributed by atoms with Crippen molar-refractivity contribution in [3.63, 3.8) is 0 Å². The molecule has 1 aliphatic carbocycles. The lowest BCUT2D eigenvalue weighted by Gasteiger charge is -2.11. The molecule has 0 heterocycles. The summed E-state index contributed by atoms with van der Waals surface area (Å²) in [6.07, 6.45) is 17.3. The van der Waals surface area contributed by atoms with Crippen LogP contribution in [0.3, 0.4) is 0 Å². The van der Waals surface area contributed by atoms with Gasteiger partial charge in [0.2, 0.25) is 5.78 Å². The van der Waals surface area contributed by atoms with Gasteiger partial charge >= 0.3 is 0 Å². The SMILES string of the molecule is CCCCCCCCCCCCCC1=C(N)C(=O)C=CC1=O. The van der Waals surface area contributed by atoms with Crippen molar-refractivity contribution in [3.8, 4) is 0 Å². The van der Waals surface area contributed by atoms with Crippen LogP contribution in [0.4, 0.5) is 0 Å². The van der Waals surface area contributed by atoms with Crippen LogP contribution >= 0.6 is 0 Å². The molecule has 1 rings (SSSR count). The number of carbonyl (C=O) groups is 2. The molecule has 22 heavy (non-hydrogen) atoms. The zero-order valence-corrected chi connectivity index (χ0v) is 14.0. The Hall–Kier alpha value is -1.38. The monoisotopic (exact) mass is 305 g/mol. The maximum atomic E-state index is 11.7. The lowest BCUT2D eigenvalue weighted by atomic mass is 9.95. The quantitative estimate of drug-likeness (QED) is 0.423. The van der Waals surface area contributed by atoms with Crippen LogP contribution in [-0.2, 0) is 9.59 Å². The first-order chi connectivity index (χ1) is 10.7. The number of allylic oxidation sites excluding steroid dienone is 3. The topological polar surface area (TPSA) is 60.2 Å².